The average molecular weight is 282 g/mol. The summed E-state index contributed by atoms with van der Waals surface area (Å²) in [6.07, 6.45) is 4.03. The molecule has 4 nitrogen and oxygen atoms in total. The second-order valence-electron chi connectivity index (χ2n) is 5.07. The van der Waals surface area contributed by atoms with Gasteiger partial charge in [0.05, 0.1) is 24.4 Å². The van der Waals surface area contributed by atoms with Crippen LogP contribution in [-0.4, -0.2) is 30.4 Å². The molecule has 1 aliphatic rings. The summed E-state index contributed by atoms with van der Waals surface area (Å²) in [5.74, 6) is -1.50. The van der Waals surface area contributed by atoms with Crippen LogP contribution in [-0.2, 0) is 16.1 Å². The van der Waals surface area contributed by atoms with E-state index in [-0.39, 0.29) is 29.9 Å². The van der Waals surface area contributed by atoms with E-state index in [2.05, 4.69) is 0 Å². The molecule has 1 aliphatic carbocycles. The van der Waals surface area contributed by atoms with Crippen molar-refractivity contribution < 1.29 is 23.8 Å². The third-order valence-corrected chi connectivity index (χ3v) is 3.68. The maximum absolute atomic E-state index is 13.6. The first kappa shape index (κ1) is 14.9. The molecule has 1 saturated carbocycles. The Bertz CT molecular complexity index is 475. The Labute approximate surface area is 117 Å². The van der Waals surface area contributed by atoms with Gasteiger partial charge in [0.1, 0.15) is 5.82 Å². The van der Waals surface area contributed by atoms with Gasteiger partial charge >= 0.3 is 5.97 Å². The van der Waals surface area contributed by atoms with Crippen molar-refractivity contribution in [1.82, 2.24) is 0 Å². The molecule has 2 unspecified atom stereocenters. The minimum Gasteiger partial charge on any atom is -0.478 e. The molecule has 2 rings (SSSR count). The highest BCUT2D eigenvalue weighted by Gasteiger charge is 2.22. The molecule has 0 bridgehead atoms. The van der Waals surface area contributed by atoms with Gasteiger partial charge in [0.25, 0.3) is 0 Å². The molecule has 0 heterocycles. The summed E-state index contributed by atoms with van der Waals surface area (Å²) in [4.78, 5) is 10.9. The molecule has 1 aromatic rings. The first-order valence-electron chi connectivity index (χ1n) is 6.76. The number of methoxy groups -OCH3 is 1. The maximum atomic E-state index is 13.6. The minimum absolute atomic E-state index is 0.0431. The highest BCUT2D eigenvalue weighted by Crippen LogP contribution is 2.24. The van der Waals surface area contributed by atoms with Crippen LogP contribution < -0.4 is 0 Å². The summed E-state index contributed by atoms with van der Waals surface area (Å²) in [6.45, 7) is 0.0913. The highest BCUT2D eigenvalue weighted by molar-refractivity contribution is 5.87. The van der Waals surface area contributed by atoms with Gasteiger partial charge in [0.15, 0.2) is 0 Å². The molecule has 0 saturated heterocycles. The van der Waals surface area contributed by atoms with Gasteiger partial charge in [-0.2, -0.15) is 0 Å². The van der Waals surface area contributed by atoms with Crippen LogP contribution in [0.15, 0.2) is 18.2 Å². The highest BCUT2D eigenvalue weighted by atomic mass is 19.1. The zero-order valence-electron chi connectivity index (χ0n) is 11.5. The van der Waals surface area contributed by atoms with Gasteiger partial charge in [0.2, 0.25) is 0 Å². The second-order valence-corrected chi connectivity index (χ2v) is 5.07. The van der Waals surface area contributed by atoms with Crippen molar-refractivity contribution in [3.8, 4) is 0 Å². The fourth-order valence-electron chi connectivity index (χ4n) is 2.49. The fourth-order valence-corrected chi connectivity index (χ4v) is 2.49. The largest absolute Gasteiger partial charge is 0.478 e. The minimum atomic E-state index is -1.07. The van der Waals surface area contributed by atoms with E-state index in [4.69, 9.17) is 14.6 Å². The summed E-state index contributed by atoms with van der Waals surface area (Å²) in [5.41, 5.74) is 0.354. The van der Waals surface area contributed by atoms with Crippen molar-refractivity contribution in [3.63, 3.8) is 0 Å². The third kappa shape index (κ3) is 3.77. The molecule has 1 fully saturated rings. The zero-order chi connectivity index (χ0) is 14.5. The number of halogens is 1. The smallest absolute Gasteiger partial charge is 0.335 e. The van der Waals surface area contributed by atoms with Crippen LogP contribution in [0, 0.1) is 5.82 Å². The SMILES string of the molecule is COC1CCCC(OCc2cc(C(=O)O)ccc2F)C1. The summed E-state index contributed by atoms with van der Waals surface area (Å²) in [5, 5.41) is 8.90. The number of hydrogen-bond acceptors (Lipinski definition) is 3. The van der Waals surface area contributed by atoms with E-state index in [0.717, 1.165) is 25.7 Å². The van der Waals surface area contributed by atoms with E-state index in [0.29, 0.717) is 0 Å². The van der Waals surface area contributed by atoms with Crippen LogP contribution in [0.5, 0.6) is 0 Å². The lowest BCUT2D eigenvalue weighted by atomic mass is 9.95. The molecule has 0 spiro atoms. The second kappa shape index (κ2) is 6.81. The molecular weight excluding hydrogens is 263 g/mol. The Balaban J connectivity index is 1.96. The van der Waals surface area contributed by atoms with Crippen LogP contribution in [0.4, 0.5) is 4.39 Å². The fraction of sp³-hybridized carbons (Fsp3) is 0.533. The topological polar surface area (TPSA) is 55.8 Å². The van der Waals surface area contributed by atoms with E-state index in [1.54, 1.807) is 7.11 Å². The Morgan fingerprint density at radius 3 is 2.85 bits per heavy atom. The van der Waals surface area contributed by atoms with Gasteiger partial charge in [0, 0.05) is 12.7 Å². The lowest BCUT2D eigenvalue weighted by Crippen LogP contribution is -2.27. The summed E-state index contributed by atoms with van der Waals surface area (Å²) in [6, 6.07) is 3.75. The Hall–Kier alpha value is -1.46. The molecule has 2 atom stereocenters. The van der Waals surface area contributed by atoms with Crippen LogP contribution in [0.1, 0.15) is 41.6 Å². The van der Waals surface area contributed by atoms with E-state index < -0.39 is 11.8 Å². The van der Waals surface area contributed by atoms with Gasteiger partial charge in [-0.1, -0.05) is 0 Å². The molecule has 1 N–H and O–H groups in total. The van der Waals surface area contributed by atoms with Crippen molar-refractivity contribution in [2.24, 2.45) is 0 Å². The molecule has 20 heavy (non-hydrogen) atoms. The number of carboxylic acids is 1. The molecule has 0 aromatic heterocycles. The molecular formula is C15H19FO4. The van der Waals surface area contributed by atoms with E-state index in [1.165, 1.54) is 18.2 Å². The quantitative estimate of drug-likeness (QED) is 0.902. The van der Waals surface area contributed by atoms with E-state index in [9.17, 15) is 9.18 Å². The van der Waals surface area contributed by atoms with Crippen LogP contribution >= 0.6 is 0 Å². The van der Waals surface area contributed by atoms with E-state index in [1.807, 2.05) is 0 Å². The van der Waals surface area contributed by atoms with Gasteiger partial charge in [-0.25, -0.2) is 9.18 Å². The van der Waals surface area contributed by atoms with Crippen molar-refractivity contribution in [1.29, 1.82) is 0 Å². The Kier molecular flexibility index (Phi) is 5.09. The zero-order valence-corrected chi connectivity index (χ0v) is 11.5. The first-order chi connectivity index (χ1) is 9.60. The molecule has 0 radical (unpaired) electrons. The molecule has 0 amide bonds. The number of ether oxygens (including phenoxy) is 2. The van der Waals surface area contributed by atoms with Crippen molar-refractivity contribution in [2.45, 2.75) is 44.5 Å². The van der Waals surface area contributed by atoms with E-state index >= 15 is 0 Å². The number of hydrogen-bond donors (Lipinski definition) is 1. The first-order valence-corrected chi connectivity index (χ1v) is 6.76. The van der Waals surface area contributed by atoms with Crippen LogP contribution in [0.25, 0.3) is 0 Å². The maximum Gasteiger partial charge on any atom is 0.335 e. The van der Waals surface area contributed by atoms with Crippen molar-refractivity contribution >= 4 is 5.97 Å². The number of carbonyl (C=O) groups is 1. The van der Waals surface area contributed by atoms with Crippen molar-refractivity contribution in [2.75, 3.05) is 7.11 Å². The number of rotatable bonds is 5. The van der Waals surface area contributed by atoms with Crippen LogP contribution in [0.2, 0.25) is 0 Å². The molecule has 110 valence electrons. The summed E-state index contributed by atoms with van der Waals surface area (Å²) in [7, 11) is 1.68. The van der Waals surface area contributed by atoms with Gasteiger partial charge < -0.3 is 14.6 Å². The number of aromatic carboxylic acids is 1. The van der Waals surface area contributed by atoms with Gasteiger partial charge in [-0.05, 0) is 43.9 Å². The molecule has 0 aliphatic heterocycles. The molecule has 1 aromatic carbocycles. The van der Waals surface area contributed by atoms with Crippen LogP contribution in [0.3, 0.4) is 0 Å². The van der Waals surface area contributed by atoms with Gasteiger partial charge in [-0.15, -0.1) is 0 Å². The third-order valence-electron chi connectivity index (χ3n) is 3.68. The Morgan fingerprint density at radius 1 is 1.40 bits per heavy atom. The number of benzene rings is 1. The molecule has 5 heteroatoms. The standard InChI is InChI=1S/C15H19FO4/c1-19-12-3-2-4-13(8-12)20-9-11-7-10(15(17)18)5-6-14(11)16/h5-7,12-13H,2-4,8-9H2,1H3,(H,17,18). The average Bonchev–Trinajstić information content (AvgIpc) is 2.46. The van der Waals surface area contributed by atoms with Crippen molar-refractivity contribution in [3.05, 3.63) is 35.1 Å². The Morgan fingerprint density at radius 2 is 2.15 bits per heavy atom. The lowest BCUT2D eigenvalue weighted by molar-refractivity contribution is -0.0369. The monoisotopic (exact) mass is 282 g/mol. The summed E-state index contributed by atoms with van der Waals surface area (Å²) < 4.78 is 24.7. The predicted molar refractivity (Wildman–Crippen MR) is 71.2 cm³/mol. The predicted octanol–water partition coefficient (Wildman–Crippen LogP) is 3.00. The lowest BCUT2D eigenvalue weighted by Gasteiger charge is -2.28. The normalized spacial score (nSPS) is 22.7. The number of carboxylic acid groups (broad SMARTS) is 1. The summed E-state index contributed by atoms with van der Waals surface area (Å²) >= 11 is 0. The van der Waals surface area contributed by atoms with Gasteiger partial charge in [-0.3, -0.25) is 0 Å².